The molecular weight excluding hydrogens is 186 g/mol. The van der Waals surface area contributed by atoms with E-state index in [0.717, 1.165) is 32.4 Å². The number of ketones is 1. The SMILES string of the molecule is CCN(CC(C)C)C1CCCCCC1=O. The Kier molecular flexibility index (Phi) is 5.30. The van der Waals surface area contributed by atoms with E-state index in [9.17, 15) is 4.79 Å². The molecule has 15 heavy (non-hydrogen) atoms. The molecule has 0 radical (unpaired) electrons. The van der Waals surface area contributed by atoms with Crippen molar-refractivity contribution >= 4 is 5.78 Å². The zero-order valence-electron chi connectivity index (χ0n) is 10.5. The van der Waals surface area contributed by atoms with Crippen molar-refractivity contribution in [2.24, 2.45) is 5.92 Å². The maximum Gasteiger partial charge on any atom is 0.149 e. The number of likely N-dealkylation sites (N-methyl/N-ethyl adjacent to an activating group) is 1. The second kappa shape index (κ2) is 6.26. The van der Waals surface area contributed by atoms with Crippen LogP contribution in [0.5, 0.6) is 0 Å². The number of nitrogens with zero attached hydrogens (tertiary/aromatic N) is 1. The van der Waals surface area contributed by atoms with Gasteiger partial charge in [0.05, 0.1) is 6.04 Å². The van der Waals surface area contributed by atoms with Crippen LogP contribution < -0.4 is 0 Å². The van der Waals surface area contributed by atoms with E-state index in [1.54, 1.807) is 0 Å². The Morgan fingerprint density at radius 1 is 1.33 bits per heavy atom. The zero-order chi connectivity index (χ0) is 11.3. The molecule has 0 aromatic rings. The minimum atomic E-state index is 0.222. The molecule has 1 aliphatic rings. The summed E-state index contributed by atoms with van der Waals surface area (Å²) in [5.41, 5.74) is 0. The highest BCUT2D eigenvalue weighted by Gasteiger charge is 2.26. The highest BCUT2D eigenvalue weighted by molar-refractivity contribution is 5.84. The first-order valence-corrected chi connectivity index (χ1v) is 6.42. The standard InChI is InChI=1S/C13H25NO/c1-4-14(10-11(2)3)12-8-6-5-7-9-13(12)15/h11-12H,4-10H2,1-3H3. The molecule has 0 aromatic heterocycles. The van der Waals surface area contributed by atoms with Crippen molar-refractivity contribution in [2.75, 3.05) is 13.1 Å². The summed E-state index contributed by atoms with van der Waals surface area (Å²) in [4.78, 5) is 14.3. The first-order chi connectivity index (χ1) is 7.15. The van der Waals surface area contributed by atoms with Crippen LogP contribution in [0.15, 0.2) is 0 Å². The predicted octanol–water partition coefficient (Wildman–Crippen LogP) is 2.87. The molecule has 0 bridgehead atoms. The maximum atomic E-state index is 12.0. The minimum absolute atomic E-state index is 0.222. The van der Waals surface area contributed by atoms with E-state index < -0.39 is 0 Å². The third-order valence-corrected chi connectivity index (χ3v) is 3.22. The average Bonchev–Trinajstić information content (AvgIpc) is 2.39. The van der Waals surface area contributed by atoms with E-state index in [0.29, 0.717) is 11.7 Å². The van der Waals surface area contributed by atoms with E-state index in [1.165, 1.54) is 12.8 Å². The molecular formula is C13H25NO. The van der Waals surface area contributed by atoms with E-state index in [-0.39, 0.29) is 6.04 Å². The third kappa shape index (κ3) is 3.94. The lowest BCUT2D eigenvalue weighted by atomic mass is 10.0. The Morgan fingerprint density at radius 3 is 2.67 bits per heavy atom. The van der Waals surface area contributed by atoms with Gasteiger partial charge >= 0.3 is 0 Å². The summed E-state index contributed by atoms with van der Waals surface area (Å²) < 4.78 is 0. The summed E-state index contributed by atoms with van der Waals surface area (Å²) in [5.74, 6) is 1.14. The van der Waals surface area contributed by atoms with Gasteiger partial charge in [0.2, 0.25) is 0 Å². The van der Waals surface area contributed by atoms with E-state index in [4.69, 9.17) is 0 Å². The second-order valence-corrected chi connectivity index (χ2v) is 5.06. The number of hydrogen-bond donors (Lipinski definition) is 0. The summed E-state index contributed by atoms with van der Waals surface area (Å²) in [7, 11) is 0. The summed E-state index contributed by atoms with van der Waals surface area (Å²) in [6.07, 6.45) is 5.46. The maximum absolute atomic E-state index is 12.0. The largest absolute Gasteiger partial charge is 0.298 e. The predicted molar refractivity (Wildman–Crippen MR) is 64.0 cm³/mol. The molecule has 0 aromatic carbocycles. The molecule has 2 heteroatoms. The van der Waals surface area contributed by atoms with Gasteiger partial charge in [-0.05, 0) is 25.3 Å². The molecule has 0 aliphatic heterocycles. The molecule has 0 saturated heterocycles. The Bertz CT molecular complexity index is 201. The molecule has 1 saturated carbocycles. The van der Waals surface area contributed by atoms with Crippen LogP contribution in [-0.4, -0.2) is 29.8 Å². The fraction of sp³-hybridized carbons (Fsp3) is 0.923. The van der Waals surface area contributed by atoms with Crippen LogP contribution in [0.4, 0.5) is 0 Å². The van der Waals surface area contributed by atoms with Crippen LogP contribution in [0.3, 0.4) is 0 Å². The number of carbonyl (C=O) groups excluding carboxylic acids is 1. The molecule has 2 nitrogen and oxygen atoms in total. The van der Waals surface area contributed by atoms with Crippen molar-refractivity contribution in [3.8, 4) is 0 Å². The van der Waals surface area contributed by atoms with Gasteiger partial charge in [0.1, 0.15) is 5.78 Å². The van der Waals surface area contributed by atoms with Crippen molar-refractivity contribution in [3.63, 3.8) is 0 Å². The molecule has 0 spiro atoms. The monoisotopic (exact) mass is 211 g/mol. The number of rotatable bonds is 4. The highest BCUT2D eigenvalue weighted by atomic mass is 16.1. The van der Waals surface area contributed by atoms with Gasteiger partial charge in [-0.15, -0.1) is 0 Å². The van der Waals surface area contributed by atoms with Crippen molar-refractivity contribution in [3.05, 3.63) is 0 Å². The van der Waals surface area contributed by atoms with Crippen molar-refractivity contribution in [1.29, 1.82) is 0 Å². The smallest absolute Gasteiger partial charge is 0.149 e. The van der Waals surface area contributed by atoms with Crippen LogP contribution >= 0.6 is 0 Å². The first-order valence-electron chi connectivity index (χ1n) is 6.42. The molecule has 1 atom stereocenters. The normalized spacial score (nSPS) is 23.5. The van der Waals surface area contributed by atoms with Crippen molar-refractivity contribution < 1.29 is 4.79 Å². The Labute approximate surface area is 94.0 Å². The van der Waals surface area contributed by atoms with Crippen LogP contribution in [0.25, 0.3) is 0 Å². The fourth-order valence-electron chi connectivity index (χ4n) is 2.47. The van der Waals surface area contributed by atoms with Crippen LogP contribution in [0, 0.1) is 5.92 Å². The van der Waals surface area contributed by atoms with Gasteiger partial charge in [-0.3, -0.25) is 9.69 Å². The molecule has 1 unspecified atom stereocenters. The lowest BCUT2D eigenvalue weighted by molar-refractivity contribution is -0.124. The molecule has 1 aliphatic carbocycles. The quantitative estimate of drug-likeness (QED) is 0.666. The number of hydrogen-bond acceptors (Lipinski definition) is 2. The van der Waals surface area contributed by atoms with Gasteiger partial charge in [-0.25, -0.2) is 0 Å². The highest BCUT2D eigenvalue weighted by Crippen LogP contribution is 2.20. The van der Waals surface area contributed by atoms with Gasteiger partial charge in [-0.2, -0.15) is 0 Å². The lowest BCUT2D eigenvalue weighted by Gasteiger charge is -2.30. The summed E-state index contributed by atoms with van der Waals surface area (Å²) in [6.45, 7) is 8.69. The van der Waals surface area contributed by atoms with Gasteiger partial charge in [0.15, 0.2) is 0 Å². The Hall–Kier alpha value is -0.370. The molecule has 0 amide bonds. The Morgan fingerprint density at radius 2 is 2.07 bits per heavy atom. The molecule has 88 valence electrons. The van der Waals surface area contributed by atoms with Gasteiger partial charge in [0, 0.05) is 13.0 Å². The molecule has 0 heterocycles. The number of carbonyl (C=O) groups is 1. The minimum Gasteiger partial charge on any atom is -0.298 e. The fourth-order valence-corrected chi connectivity index (χ4v) is 2.47. The molecule has 1 fully saturated rings. The van der Waals surface area contributed by atoms with Crippen LogP contribution in [-0.2, 0) is 4.79 Å². The number of Topliss-reactive ketones (excluding diaryl/α,β-unsaturated/α-hetero) is 1. The van der Waals surface area contributed by atoms with Crippen LogP contribution in [0.1, 0.15) is 52.9 Å². The lowest BCUT2D eigenvalue weighted by Crippen LogP contribution is -2.42. The van der Waals surface area contributed by atoms with Gasteiger partial charge in [-0.1, -0.05) is 33.6 Å². The van der Waals surface area contributed by atoms with E-state index >= 15 is 0 Å². The third-order valence-electron chi connectivity index (χ3n) is 3.22. The van der Waals surface area contributed by atoms with E-state index in [2.05, 4.69) is 25.7 Å². The topological polar surface area (TPSA) is 20.3 Å². The Balaban J connectivity index is 2.59. The molecule has 0 N–H and O–H groups in total. The second-order valence-electron chi connectivity index (χ2n) is 5.06. The molecule has 1 rings (SSSR count). The van der Waals surface area contributed by atoms with Crippen LogP contribution in [0.2, 0.25) is 0 Å². The summed E-state index contributed by atoms with van der Waals surface area (Å²) in [5, 5.41) is 0. The van der Waals surface area contributed by atoms with Crippen molar-refractivity contribution in [2.45, 2.75) is 58.9 Å². The summed E-state index contributed by atoms with van der Waals surface area (Å²) >= 11 is 0. The van der Waals surface area contributed by atoms with Crippen molar-refractivity contribution in [1.82, 2.24) is 4.90 Å². The van der Waals surface area contributed by atoms with Gasteiger partial charge in [0.25, 0.3) is 0 Å². The average molecular weight is 211 g/mol. The van der Waals surface area contributed by atoms with Gasteiger partial charge < -0.3 is 0 Å². The van der Waals surface area contributed by atoms with E-state index in [1.807, 2.05) is 0 Å². The zero-order valence-corrected chi connectivity index (χ0v) is 10.5. The first kappa shape index (κ1) is 12.7. The summed E-state index contributed by atoms with van der Waals surface area (Å²) in [6, 6.07) is 0.222.